The summed E-state index contributed by atoms with van der Waals surface area (Å²) in [6.45, 7) is 0. The maximum absolute atomic E-state index is 13.1. The molecule has 3 nitrogen and oxygen atoms in total. The maximum atomic E-state index is 13.1. The predicted octanol–water partition coefficient (Wildman–Crippen LogP) is 4.50. The largest absolute Gasteiger partial charge is 0.273 e. The van der Waals surface area contributed by atoms with Crippen LogP contribution in [0.5, 0.6) is 0 Å². The lowest BCUT2D eigenvalue weighted by atomic mass is 10.1. The minimum absolute atomic E-state index is 0.164. The van der Waals surface area contributed by atoms with Gasteiger partial charge in [0.05, 0.1) is 10.6 Å². The third kappa shape index (κ3) is 2.06. The van der Waals surface area contributed by atoms with Crippen molar-refractivity contribution < 1.29 is 4.39 Å². The molecule has 0 spiro atoms. The van der Waals surface area contributed by atoms with Gasteiger partial charge in [-0.15, -0.1) is 0 Å². The Bertz CT molecular complexity index is 785. The Morgan fingerprint density at radius 1 is 1.16 bits per heavy atom. The topological polar surface area (TPSA) is 30.2 Å². The zero-order chi connectivity index (χ0) is 13.6. The smallest absolute Gasteiger partial charge is 0.236 e. The number of nitrogens with zero attached hydrogens (tertiary/aromatic N) is 3. The first-order chi connectivity index (χ1) is 9.08. The molecule has 0 fully saturated rings. The zero-order valence-electron chi connectivity index (χ0n) is 9.24. The number of hydrogen-bond acceptors (Lipinski definition) is 2. The Labute approximate surface area is 122 Å². The summed E-state index contributed by atoms with van der Waals surface area (Å²) in [5.41, 5.74) is 0.958. The van der Waals surface area contributed by atoms with Crippen LogP contribution >= 0.6 is 34.8 Å². The summed E-state index contributed by atoms with van der Waals surface area (Å²) >= 11 is 18.4. The monoisotopic (exact) mass is 315 g/mol. The van der Waals surface area contributed by atoms with E-state index in [1.54, 1.807) is 16.8 Å². The summed E-state index contributed by atoms with van der Waals surface area (Å²) in [7, 11) is 0. The summed E-state index contributed by atoms with van der Waals surface area (Å²) in [6.07, 6.45) is 3.21. The van der Waals surface area contributed by atoms with Gasteiger partial charge in [0.1, 0.15) is 16.1 Å². The summed E-state index contributed by atoms with van der Waals surface area (Å²) in [6, 6.07) is 3.99. The average molecular weight is 317 g/mol. The van der Waals surface area contributed by atoms with Crippen LogP contribution in [0.3, 0.4) is 0 Å². The first kappa shape index (κ1) is 12.7. The van der Waals surface area contributed by atoms with Crippen molar-refractivity contribution in [3.05, 3.63) is 51.7 Å². The molecule has 0 aliphatic heterocycles. The Morgan fingerprint density at radius 2 is 1.95 bits per heavy atom. The van der Waals surface area contributed by atoms with Gasteiger partial charge in [-0.05, 0) is 18.2 Å². The molecule has 2 heterocycles. The highest BCUT2D eigenvalue weighted by Crippen LogP contribution is 2.37. The van der Waals surface area contributed by atoms with E-state index in [1.165, 1.54) is 18.2 Å². The first-order valence-corrected chi connectivity index (χ1v) is 6.35. The van der Waals surface area contributed by atoms with E-state index in [1.807, 2.05) is 0 Å². The molecular formula is C12H5Cl3FN3. The lowest BCUT2D eigenvalue weighted by Crippen LogP contribution is -1.96. The average Bonchev–Trinajstić information content (AvgIpc) is 2.80. The summed E-state index contributed by atoms with van der Waals surface area (Å²) in [5.74, 6) is -0.0466. The molecule has 0 aliphatic rings. The molecule has 3 rings (SSSR count). The molecule has 0 bridgehead atoms. The van der Waals surface area contributed by atoms with E-state index in [0.29, 0.717) is 22.1 Å². The van der Waals surface area contributed by atoms with Crippen molar-refractivity contribution in [2.24, 2.45) is 0 Å². The van der Waals surface area contributed by atoms with E-state index in [0.717, 1.165) is 0 Å². The van der Waals surface area contributed by atoms with Gasteiger partial charge in [-0.3, -0.25) is 4.40 Å². The fraction of sp³-hybridized carbons (Fsp3) is 0. The van der Waals surface area contributed by atoms with Crippen LogP contribution in [0.25, 0.3) is 16.9 Å². The summed E-state index contributed by atoms with van der Waals surface area (Å²) in [4.78, 5) is 8.12. The number of imidazole rings is 1. The molecule has 96 valence electrons. The number of fused-ring (bicyclic) bond motifs is 1. The Kier molecular flexibility index (Phi) is 3.09. The third-order valence-electron chi connectivity index (χ3n) is 2.64. The van der Waals surface area contributed by atoms with Crippen molar-refractivity contribution in [1.82, 2.24) is 14.4 Å². The molecule has 0 saturated heterocycles. The SMILES string of the molecule is Fc1ccc(-c2c(Cl)nc3nccn3c2Cl)c(Cl)c1. The molecule has 0 radical (unpaired) electrons. The summed E-state index contributed by atoms with van der Waals surface area (Å²) < 4.78 is 14.7. The van der Waals surface area contributed by atoms with Gasteiger partial charge in [0.25, 0.3) is 0 Å². The highest BCUT2D eigenvalue weighted by atomic mass is 35.5. The van der Waals surface area contributed by atoms with Crippen LogP contribution in [-0.2, 0) is 0 Å². The Balaban J connectivity index is 2.35. The van der Waals surface area contributed by atoms with Gasteiger partial charge in [-0.1, -0.05) is 34.8 Å². The van der Waals surface area contributed by atoms with E-state index < -0.39 is 5.82 Å². The number of rotatable bonds is 1. The van der Waals surface area contributed by atoms with Gasteiger partial charge >= 0.3 is 0 Å². The lowest BCUT2D eigenvalue weighted by Gasteiger charge is -2.10. The quantitative estimate of drug-likeness (QED) is 0.619. The minimum Gasteiger partial charge on any atom is -0.273 e. The van der Waals surface area contributed by atoms with Gasteiger partial charge in [-0.2, -0.15) is 4.98 Å². The normalized spacial score (nSPS) is 11.2. The van der Waals surface area contributed by atoms with E-state index >= 15 is 0 Å². The molecule has 0 amide bonds. The lowest BCUT2D eigenvalue weighted by molar-refractivity contribution is 0.628. The molecule has 0 saturated carbocycles. The van der Waals surface area contributed by atoms with Crippen LogP contribution in [0.1, 0.15) is 0 Å². The van der Waals surface area contributed by atoms with Gasteiger partial charge in [0.15, 0.2) is 0 Å². The summed E-state index contributed by atoms with van der Waals surface area (Å²) in [5, 5.41) is 0.697. The van der Waals surface area contributed by atoms with Crippen molar-refractivity contribution in [1.29, 1.82) is 0 Å². The Morgan fingerprint density at radius 3 is 2.68 bits per heavy atom. The van der Waals surface area contributed by atoms with Gasteiger partial charge < -0.3 is 0 Å². The van der Waals surface area contributed by atoms with E-state index in [4.69, 9.17) is 34.8 Å². The minimum atomic E-state index is -0.433. The highest BCUT2D eigenvalue weighted by Gasteiger charge is 2.17. The van der Waals surface area contributed by atoms with E-state index in [9.17, 15) is 4.39 Å². The number of aromatic nitrogens is 3. The van der Waals surface area contributed by atoms with Crippen LogP contribution in [0.4, 0.5) is 4.39 Å². The standard InChI is InChI=1S/C12H5Cl3FN3/c13-8-5-6(16)1-2-7(8)9-10(14)18-12-17-3-4-19(12)11(9)15/h1-5H. The van der Waals surface area contributed by atoms with Crippen molar-refractivity contribution >= 4 is 40.6 Å². The number of halogens is 4. The fourth-order valence-electron chi connectivity index (χ4n) is 1.80. The molecule has 2 aromatic heterocycles. The van der Waals surface area contributed by atoms with Gasteiger partial charge in [0, 0.05) is 18.0 Å². The molecule has 3 aromatic rings. The zero-order valence-corrected chi connectivity index (χ0v) is 11.5. The second kappa shape index (κ2) is 4.63. The molecule has 1 aromatic carbocycles. The van der Waals surface area contributed by atoms with Crippen LogP contribution < -0.4 is 0 Å². The van der Waals surface area contributed by atoms with Crippen LogP contribution in [0.2, 0.25) is 15.3 Å². The Hall–Kier alpha value is -1.36. The predicted molar refractivity (Wildman–Crippen MR) is 73.4 cm³/mol. The van der Waals surface area contributed by atoms with Crippen molar-refractivity contribution in [3.8, 4) is 11.1 Å². The van der Waals surface area contributed by atoms with Crippen LogP contribution in [0, 0.1) is 5.82 Å². The second-order valence-electron chi connectivity index (χ2n) is 3.79. The van der Waals surface area contributed by atoms with Crippen LogP contribution in [-0.4, -0.2) is 14.4 Å². The van der Waals surface area contributed by atoms with Gasteiger partial charge in [-0.25, -0.2) is 9.37 Å². The first-order valence-electron chi connectivity index (χ1n) is 5.21. The van der Waals surface area contributed by atoms with Crippen molar-refractivity contribution in [2.75, 3.05) is 0 Å². The molecule has 0 N–H and O–H groups in total. The molecule has 0 atom stereocenters. The molecule has 7 heteroatoms. The van der Waals surface area contributed by atoms with Crippen molar-refractivity contribution in [2.45, 2.75) is 0 Å². The number of benzene rings is 1. The van der Waals surface area contributed by atoms with Crippen molar-refractivity contribution in [3.63, 3.8) is 0 Å². The molecule has 19 heavy (non-hydrogen) atoms. The molecular weight excluding hydrogens is 312 g/mol. The van der Waals surface area contributed by atoms with E-state index in [2.05, 4.69) is 9.97 Å². The van der Waals surface area contributed by atoms with E-state index in [-0.39, 0.29) is 10.2 Å². The number of hydrogen-bond donors (Lipinski definition) is 0. The highest BCUT2D eigenvalue weighted by molar-refractivity contribution is 6.40. The van der Waals surface area contributed by atoms with Gasteiger partial charge in [0.2, 0.25) is 5.78 Å². The van der Waals surface area contributed by atoms with Crippen LogP contribution in [0.15, 0.2) is 30.6 Å². The molecule has 0 aliphatic carbocycles. The maximum Gasteiger partial charge on any atom is 0.236 e. The fourth-order valence-corrected chi connectivity index (χ4v) is 2.70. The second-order valence-corrected chi connectivity index (χ2v) is 4.91. The third-order valence-corrected chi connectivity index (χ3v) is 3.60. The molecule has 0 unspecified atom stereocenters.